The molecule has 5 nitrogen and oxygen atoms in total. The minimum Gasteiger partial charge on any atom is -0.481 e. The van der Waals surface area contributed by atoms with E-state index in [1.807, 2.05) is 0 Å². The first-order valence-electron chi connectivity index (χ1n) is 9.87. The Bertz CT molecular complexity index is 688. The van der Waals surface area contributed by atoms with Crippen molar-refractivity contribution >= 4 is 11.6 Å². The Balaban J connectivity index is 1.26. The van der Waals surface area contributed by atoms with Crippen molar-refractivity contribution in [3.05, 3.63) is 23.8 Å². The molecule has 1 aliphatic carbocycles. The molecule has 0 N–H and O–H groups in total. The summed E-state index contributed by atoms with van der Waals surface area (Å²) in [6, 6.07) is 2.40. The lowest BCUT2D eigenvalue weighted by Crippen LogP contribution is -2.42. The van der Waals surface area contributed by atoms with Gasteiger partial charge in [0.25, 0.3) is 5.91 Å². The first-order valence-corrected chi connectivity index (χ1v) is 9.87. The molecule has 4 rings (SSSR count). The normalized spacial score (nSPS) is 21.3. The number of rotatable bonds is 7. The molecular formula is C20H26F2N2O3. The number of hydrogen-bond donors (Lipinski definition) is 0. The summed E-state index contributed by atoms with van der Waals surface area (Å²) in [6.07, 6.45) is 5.76. The van der Waals surface area contributed by atoms with E-state index in [0.717, 1.165) is 51.1 Å². The van der Waals surface area contributed by atoms with E-state index in [4.69, 9.17) is 9.47 Å². The van der Waals surface area contributed by atoms with Crippen molar-refractivity contribution in [1.82, 2.24) is 4.90 Å². The summed E-state index contributed by atoms with van der Waals surface area (Å²) in [5.41, 5.74) is -0.0709. The van der Waals surface area contributed by atoms with Crippen molar-refractivity contribution in [3.63, 3.8) is 0 Å². The molecule has 1 saturated carbocycles. The molecular weight excluding hydrogens is 354 g/mol. The zero-order chi connectivity index (χ0) is 18.8. The lowest BCUT2D eigenvalue weighted by molar-refractivity contribution is -0.121. The number of benzene rings is 1. The first-order chi connectivity index (χ1) is 13.1. The van der Waals surface area contributed by atoms with Crippen LogP contribution < -0.4 is 9.64 Å². The maximum atomic E-state index is 14.2. The molecule has 1 saturated heterocycles. The Morgan fingerprint density at radius 2 is 1.89 bits per heavy atom. The van der Waals surface area contributed by atoms with Crippen LogP contribution in [0.4, 0.5) is 14.5 Å². The van der Waals surface area contributed by atoms with Gasteiger partial charge < -0.3 is 19.3 Å². The lowest BCUT2D eigenvalue weighted by Gasteiger charge is -2.33. The summed E-state index contributed by atoms with van der Waals surface area (Å²) < 4.78 is 39.0. The Kier molecular flexibility index (Phi) is 5.59. The number of anilines is 1. The van der Waals surface area contributed by atoms with Crippen LogP contribution in [-0.2, 0) is 9.53 Å². The molecule has 0 unspecified atom stereocenters. The number of halogens is 2. The fourth-order valence-electron chi connectivity index (χ4n) is 3.78. The highest BCUT2D eigenvalue weighted by molar-refractivity contribution is 5.97. The fraction of sp³-hybridized carbons (Fsp3) is 0.650. The number of amides is 1. The second-order valence-corrected chi connectivity index (χ2v) is 7.71. The van der Waals surface area contributed by atoms with Crippen molar-refractivity contribution in [2.45, 2.75) is 38.2 Å². The highest BCUT2D eigenvalue weighted by Gasteiger charge is 2.30. The highest BCUT2D eigenvalue weighted by atomic mass is 19.2. The minimum atomic E-state index is -1.02. The van der Waals surface area contributed by atoms with Crippen molar-refractivity contribution in [2.24, 2.45) is 5.92 Å². The van der Waals surface area contributed by atoms with Gasteiger partial charge in [-0.1, -0.05) is 0 Å². The number of likely N-dealkylation sites (tertiary alicyclic amines) is 1. The molecule has 1 amide bonds. The number of fused-ring (bicyclic) bond motifs is 1. The van der Waals surface area contributed by atoms with Crippen LogP contribution in [0, 0.1) is 17.6 Å². The Morgan fingerprint density at radius 1 is 1.11 bits per heavy atom. The van der Waals surface area contributed by atoms with Gasteiger partial charge in [-0.25, -0.2) is 8.78 Å². The van der Waals surface area contributed by atoms with Gasteiger partial charge >= 0.3 is 0 Å². The second-order valence-electron chi connectivity index (χ2n) is 7.71. The van der Waals surface area contributed by atoms with Gasteiger partial charge in [-0.2, -0.15) is 0 Å². The van der Waals surface area contributed by atoms with Gasteiger partial charge in [0.15, 0.2) is 18.2 Å². The maximum Gasteiger partial charge on any atom is 0.265 e. The smallest absolute Gasteiger partial charge is 0.265 e. The molecule has 2 aliphatic heterocycles. The van der Waals surface area contributed by atoms with E-state index in [1.54, 1.807) is 0 Å². The number of carbonyl (C=O) groups is 1. The van der Waals surface area contributed by atoms with E-state index in [0.29, 0.717) is 19.1 Å². The quantitative estimate of drug-likeness (QED) is 0.729. The average molecular weight is 380 g/mol. The first kappa shape index (κ1) is 18.6. The molecule has 0 radical (unpaired) electrons. The standard InChI is InChI=1S/C20H26F2N2O3/c21-16-4-5-17-20(19(16)22)24(18(25)13-27-17)9-1-8-23-10-6-15(7-11-23)26-12-14-2-3-14/h4-5,14-15H,1-3,6-13H2. The second kappa shape index (κ2) is 8.10. The van der Waals surface area contributed by atoms with Gasteiger partial charge in [0.2, 0.25) is 0 Å². The largest absolute Gasteiger partial charge is 0.481 e. The van der Waals surface area contributed by atoms with E-state index in [9.17, 15) is 13.6 Å². The molecule has 3 aliphatic rings. The van der Waals surface area contributed by atoms with Crippen LogP contribution in [0.1, 0.15) is 32.1 Å². The molecule has 0 bridgehead atoms. The third kappa shape index (κ3) is 4.41. The SMILES string of the molecule is O=C1COc2ccc(F)c(F)c2N1CCCN1CCC(OCC2CC2)CC1. The summed E-state index contributed by atoms with van der Waals surface area (Å²) in [5.74, 6) is -1.30. The van der Waals surface area contributed by atoms with E-state index in [-0.39, 0.29) is 24.0 Å². The van der Waals surface area contributed by atoms with Crippen molar-refractivity contribution in [3.8, 4) is 5.75 Å². The highest BCUT2D eigenvalue weighted by Crippen LogP contribution is 2.36. The Hall–Kier alpha value is -1.73. The number of ether oxygens (including phenoxy) is 2. The van der Waals surface area contributed by atoms with Gasteiger partial charge in [0.1, 0.15) is 11.4 Å². The van der Waals surface area contributed by atoms with Crippen molar-refractivity contribution < 1.29 is 23.0 Å². The molecule has 0 aromatic heterocycles. The van der Waals surface area contributed by atoms with Gasteiger partial charge in [-0.15, -0.1) is 0 Å². The van der Waals surface area contributed by atoms with Crippen molar-refractivity contribution in [1.29, 1.82) is 0 Å². The molecule has 0 atom stereocenters. The zero-order valence-corrected chi connectivity index (χ0v) is 15.5. The molecule has 7 heteroatoms. The van der Waals surface area contributed by atoms with E-state index >= 15 is 0 Å². The third-order valence-corrected chi connectivity index (χ3v) is 5.61. The molecule has 27 heavy (non-hydrogen) atoms. The minimum absolute atomic E-state index is 0.0709. The van der Waals surface area contributed by atoms with Crippen LogP contribution in [0.3, 0.4) is 0 Å². The fourth-order valence-corrected chi connectivity index (χ4v) is 3.78. The molecule has 2 heterocycles. The summed E-state index contributed by atoms with van der Waals surface area (Å²) >= 11 is 0. The van der Waals surface area contributed by atoms with Crippen LogP contribution in [0.15, 0.2) is 12.1 Å². The maximum absolute atomic E-state index is 14.2. The van der Waals surface area contributed by atoms with Crippen LogP contribution in [0.2, 0.25) is 0 Å². The number of piperidine rings is 1. The Morgan fingerprint density at radius 3 is 2.63 bits per heavy atom. The summed E-state index contributed by atoms with van der Waals surface area (Å²) in [6.45, 7) is 3.91. The van der Waals surface area contributed by atoms with Gasteiger partial charge in [0.05, 0.1) is 6.10 Å². The van der Waals surface area contributed by atoms with Gasteiger partial charge in [-0.05, 0) is 56.7 Å². The van der Waals surface area contributed by atoms with E-state index in [1.165, 1.54) is 23.8 Å². The predicted octanol–water partition coefficient (Wildman–Crippen LogP) is 2.97. The monoisotopic (exact) mass is 380 g/mol. The van der Waals surface area contributed by atoms with E-state index < -0.39 is 11.6 Å². The molecule has 2 fully saturated rings. The molecule has 1 aromatic rings. The summed E-state index contributed by atoms with van der Waals surface area (Å²) in [7, 11) is 0. The Labute approximate surface area is 158 Å². The molecule has 148 valence electrons. The zero-order valence-electron chi connectivity index (χ0n) is 15.5. The number of hydrogen-bond acceptors (Lipinski definition) is 4. The summed E-state index contributed by atoms with van der Waals surface area (Å²) in [4.78, 5) is 15.8. The van der Waals surface area contributed by atoms with Gasteiger partial charge in [0, 0.05) is 26.2 Å². The number of nitrogens with zero attached hydrogens (tertiary/aromatic N) is 2. The lowest BCUT2D eigenvalue weighted by atomic mass is 10.1. The number of carbonyl (C=O) groups excluding carboxylic acids is 1. The average Bonchev–Trinajstić information content (AvgIpc) is 3.50. The van der Waals surface area contributed by atoms with Gasteiger partial charge in [-0.3, -0.25) is 4.79 Å². The predicted molar refractivity (Wildman–Crippen MR) is 97.0 cm³/mol. The van der Waals surface area contributed by atoms with E-state index in [2.05, 4.69) is 4.90 Å². The van der Waals surface area contributed by atoms with Crippen LogP contribution >= 0.6 is 0 Å². The molecule has 1 aromatic carbocycles. The van der Waals surface area contributed by atoms with Crippen LogP contribution in [0.25, 0.3) is 0 Å². The molecule has 0 spiro atoms. The third-order valence-electron chi connectivity index (χ3n) is 5.61. The van der Waals surface area contributed by atoms with Crippen LogP contribution in [-0.4, -0.2) is 56.3 Å². The van der Waals surface area contributed by atoms with Crippen LogP contribution in [0.5, 0.6) is 5.75 Å². The summed E-state index contributed by atoms with van der Waals surface area (Å²) in [5, 5.41) is 0. The van der Waals surface area contributed by atoms with Crippen molar-refractivity contribution in [2.75, 3.05) is 44.3 Å². The topological polar surface area (TPSA) is 42.0 Å².